The first-order valence-electron chi connectivity index (χ1n) is 7.12. The fourth-order valence-electron chi connectivity index (χ4n) is 2.13. The Labute approximate surface area is 116 Å². The molecule has 1 aromatic rings. The van der Waals surface area contributed by atoms with Crippen molar-refractivity contribution in [2.45, 2.75) is 52.5 Å². The maximum atomic E-state index is 12.3. The molecule has 0 fully saturated rings. The van der Waals surface area contributed by atoms with Gasteiger partial charge in [-0.15, -0.1) is 0 Å². The minimum atomic E-state index is 0.0904. The van der Waals surface area contributed by atoms with Crippen LogP contribution in [0.5, 0.6) is 5.75 Å². The molecule has 0 radical (unpaired) electrons. The lowest BCUT2D eigenvalue weighted by atomic mass is 10.1. The zero-order chi connectivity index (χ0) is 14.3. The molecule has 0 saturated heterocycles. The number of aromatic hydroxyl groups is 1. The predicted octanol–water partition coefficient (Wildman–Crippen LogP) is 3.36. The highest BCUT2D eigenvalue weighted by atomic mass is 16.3. The third-order valence-corrected chi connectivity index (χ3v) is 3.28. The summed E-state index contributed by atoms with van der Waals surface area (Å²) < 4.78 is 0. The molecule has 1 rings (SSSR count). The molecule has 1 amide bonds. The number of carbonyl (C=O) groups excluding carboxylic acids is 1. The van der Waals surface area contributed by atoms with Gasteiger partial charge in [-0.05, 0) is 26.3 Å². The van der Waals surface area contributed by atoms with E-state index in [0.29, 0.717) is 5.56 Å². The van der Waals surface area contributed by atoms with Crippen LogP contribution in [0.15, 0.2) is 24.3 Å². The van der Waals surface area contributed by atoms with Crippen LogP contribution in [0.25, 0.3) is 0 Å². The van der Waals surface area contributed by atoms with Crippen molar-refractivity contribution in [3.63, 3.8) is 0 Å². The number of benzene rings is 1. The van der Waals surface area contributed by atoms with Gasteiger partial charge in [0.2, 0.25) is 5.91 Å². The van der Waals surface area contributed by atoms with Crippen LogP contribution in [0.2, 0.25) is 0 Å². The van der Waals surface area contributed by atoms with Crippen molar-refractivity contribution in [2.75, 3.05) is 6.54 Å². The van der Waals surface area contributed by atoms with Crippen LogP contribution in [0.4, 0.5) is 0 Å². The SMILES string of the molecule is CCCCCN(C(=O)Cc1ccccc1O)C(C)C. The van der Waals surface area contributed by atoms with Gasteiger partial charge in [-0.3, -0.25) is 4.79 Å². The van der Waals surface area contributed by atoms with Crippen molar-refractivity contribution in [1.82, 2.24) is 4.90 Å². The number of nitrogens with zero attached hydrogens (tertiary/aromatic N) is 1. The molecule has 1 N–H and O–H groups in total. The summed E-state index contributed by atoms with van der Waals surface area (Å²) in [5.41, 5.74) is 0.702. The normalized spacial score (nSPS) is 10.7. The summed E-state index contributed by atoms with van der Waals surface area (Å²) in [5.74, 6) is 0.292. The van der Waals surface area contributed by atoms with E-state index >= 15 is 0 Å². The van der Waals surface area contributed by atoms with Gasteiger partial charge in [-0.2, -0.15) is 0 Å². The molecule has 106 valence electrons. The molecule has 19 heavy (non-hydrogen) atoms. The van der Waals surface area contributed by atoms with Crippen LogP contribution in [0.3, 0.4) is 0 Å². The van der Waals surface area contributed by atoms with Crippen molar-refractivity contribution in [2.24, 2.45) is 0 Å². The van der Waals surface area contributed by atoms with Crippen molar-refractivity contribution >= 4 is 5.91 Å². The van der Waals surface area contributed by atoms with Crippen LogP contribution in [0.1, 0.15) is 45.6 Å². The van der Waals surface area contributed by atoms with Gasteiger partial charge in [0.15, 0.2) is 0 Å². The summed E-state index contributed by atoms with van der Waals surface area (Å²) in [5, 5.41) is 9.72. The van der Waals surface area contributed by atoms with E-state index < -0.39 is 0 Å². The second-order valence-electron chi connectivity index (χ2n) is 5.19. The van der Waals surface area contributed by atoms with Gasteiger partial charge in [-0.25, -0.2) is 0 Å². The van der Waals surface area contributed by atoms with Gasteiger partial charge < -0.3 is 10.0 Å². The first-order valence-corrected chi connectivity index (χ1v) is 7.12. The molecule has 0 aliphatic rings. The summed E-state index contributed by atoms with van der Waals surface area (Å²) >= 11 is 0. The Kier molecular flexibility index (Phi) is 6.40. The largest absolute Gasteiger partial charge is 0.508 e. The lowest BCUT2D eigenvalue weighted by molar-refractivity contribution is -0.132. The Bertz CT molecular complexity index is 401. The van der Waals surface area contributed by atoms with Crippen LogP contribution < -0.4 is 0 Å². The van der Waals surface area contributed by atoms with Crippen molar-refractivity contribution < 1.29 is 9.90 Å². The zero-order valence-electron chi connectivity index (χ0n) is 12.2. The number of phenols is 1. The Balaban J connectivity index is 2.64. The average Bonchev–Trinajstić information content (AvgIpc) is 2.37. The van der Waals surface area contributed by atoms with Crippen molar-refractivity contribution in [3.8, 4) is 5.75 Å². The fourth-order valence-corrected chi connectivity index (χ4v) is 2.13. The molecule has 0 spiro atoms. The van der Waals surface area contributed by atoms with Gasteiger partial charge in [0.25, 0.3) is 0 Å². The number of amides is 1. The molecule has 1 aromatic carbocycles. The Morgan fingerprint density at radius 2 is 1.95 bits per heavy atom. The number of rotatable bonds is 7. The number of unbranched alkanes of at least 4 members (excludes halogenated alkanes) is 2. The van der Waals surface area contributed by atoms with E-state index in [-0.39, 0.29) is 24.1 Å². The second-order valence-corrected chi connectivity index (χ2v) is 5.19. The number of hydrogen-bond acceptors (Lipinski definition) is 2. The van der Waals surface area contributed by atoms with E-state index in [1.807, 2.05) is 24.8 Å². The van der Waals surface area contributed by atoms with Crippen molar-refractivity contribution in [1.29, 1.82) is 0 Å². The molecule has 0 aromatic heterocycles. The highest BCUT2D eigenvalue weighted by Gasteiger charge is 2.17. The minimum Gasteiger partial charge on any atom is -0.508 e. The number of phenolic OH excluding ortho intramolecular Hbond substituents is 1. The molecule has 0 aliphatic heterocycles. The summed E-state index contributed by atoms with van der Waals surface area (Å²) in [4.78, 5) is 14.2. The van der Waals surface area contributed by atoms with Crippen molar-refractivity contribution in [3.05, 3.63) is 29.8 Å². The molecule has 0 aliphatic carbocycles. The monoisotopic (exact) mass is 263 g/mol. The molecule has 3 nitrogen and oxygen atoms in total. The molecule has 0 bridgehead atoms. The fraction of sp³-hybridized carbons (Fsp3) is 0.562. The maximum absolute atomic E-state index is 12.3. The van der Waals surface area contributed by atoms with E-state index in [2.05, 4.69) is 6.92 Å². The average molecular weight is 263 g/mol. The molecule has 0 heterocycles. The summed E-state index contributed by atoms with van der Waals surface area (Å²) in [7, 11) is 0. The molecule has 0 atom stereocenters. The first-order chi connectivity index (χ1) is 9.06. The van der Waals surface area contributed by atoms with E-state index in [1.54, 1.807) is 18.2 Å². The molecule has 3 heteroatoms. The minimum absolute atomic E-state index is 0.0904. The van der Waals surface area contributed by atoms with Crippen LogP contribution in [0, 0.1) is 0 Å². The van der Waals surface area contributed by atoms with Gasteiger partial charge in [0, 0.05) is 18.2 Å². The topological polar surface area (TPSA) is 40.5 Å². The lowest BCUT2D eigenvalue weighted by Crippen LogP contribution is -2.38. The lowest BCUT2D eigenvalue weighted by Gasteiger charge is -2.27. The van der Waals surface area contributed by atoms with Crippen LogP contribution >= 0.6 is 0 Å². The van der Waals surface area contributed by atoms with E-state index in [0.717, 1.165) is 25.8 Å². The first kappa shape index (κ1) is 15.5. The molecular weight excluding hydrogens is 238 g/mol. The Morgan fingerprint density at radius 1 is 1.26 bits per heavy atom. The summed E-state index contributed by atoms with van der Waals surface area (Å²) in [6.45, 7) is 7.03. The second kappa shape index (κ2) is 7.82. The van der Waals surface area contributed by atoms with E-state index in [1.165, 1.54) is 0 Å². The predicted molar refractivity (Wildman–Crippen MR) is 78.2 cm³/mol. The van der Waals surface area contributed by atoms with E-state index in [9.17, 15) is 9.90 Å². The van der Waals surface area contributed by atoms with E-state index in [4.69, 9.17) is 0 Å². The summed E-state index contributed by atoms with van der Waals surface area (Å²) in [6.07, 6.45) is 3.62. The van der Waals surface area contributed by atoms with Gasteiger partial charge >= 0.3 is 0 Å². The Morgan fingerprint density at radius 3 is 2.53 bits per heavy atom. The number of hydrogen-bond donors (Lipinski definition) is 1. The summed E-state index contributed by atoms with van der Waals surface area (Å²) in [6, 6.07) is 7.25. The molecule has 0 saturated carbocycles. The van der Waals surface area contributed by atoms with Crippen LogP contribution in [-0.2, 0) is 11.2 Å². The van der Waals surface area contributed by atoms with Crippen LogP contribution in [-0.4, -0.2) is 28.5 Å². The number of para-hydroxylation sites is 1. The molecule has 0 unspecified atom stereocenters. The molecular formula is C16H25NO2. The highest BCUT2D eigenvalue weighted by molar-refractivity contribution is 5.79. The van der Waals surface area contributed by atoms with Gasteiger partial charge in [0.1, 0.15) is 5.75 Å². The van der Waals surface area contributed by atoms with Gasteiger partial charge in [0.05, 0.1) is 6.42 Å². The standard InChI is InChI=1S/C16H25NO2/c1-4-5-8-11-17(13(2)3)16(19)12-14-9-6-7-10-15(14)18/h6-7,9-10,13,18H,4-5,8,11-12H2,1-3H3. The third kappa shape index (κ3) is 4.93. The highest BCUT2D eigenvalue weighted by Crippen LogP contribution is 2.17. The third-order valence-electron chi connectivity index (χ3n) is 3.28. The smallest absolute Gasteiger partial charge is 0.227 e. The van der Waals surface area contributed by atoms with Gasteiger partial charge in [-0.1, -0.05) is 38.0 Å². The zero-order valence-corrected chi connectivity index (χ0v) is 12.2. The quantitative estimate of drug-likeness (QED) is 0.766. The maximum Gasteiger partial charge on any atom is 0.227 e. The number of carbonyl (C=O) groups is 1. The Hall–Kier alpha value is -1.51.